The number of nitro groups is 1. The van der Waals surface area contributed by atoms with Crippen LogP contribution in [0, 0.1) is 23.0 Å². The summed E-state index contributed by atoms with van der Waals surface area (Å²) in [5.74, 6) is -0.0578. The fraction of sp³-hybridized carbons (Fsp3) is 0.417. The van der Waals surface area contributed by atoms with E-state index in [9.17, 15) is 14.9 Å². The van der Waals surface area contributed by atoms with Gasteiger partial charge < -0.3 is 5.32 Å². The van der Waals surface area contributed by atoms with Crippen LogP contribution in [0.25, 0.3) is 0 Å². The highest BCUT2D eigenvalue weighted by Gasteiger charge is 2.20. The van der Waals surface area contributed by atoms with E-state index in [1.165, 1.54) is 12.1 Å². The number of carbonyl (C=O) groups excluding carboxylic acids is 1. The van der Waals surface area contributed by atoms with Crippen molar-refractivity contribution in [3.05, 3.63) is 33.9 Å². The van der Waals surface area contributed by atoms with Crippen LogP contribution < -0.4 is 5.32 Å². The summed E-state index contributed by atoms with van der Waals surface area (Å²) in [5, 5.41) is 13.4. The largest absolute Gasteiger partial charge is 0.325 e. The molecule has 0 fully saturated rings. The van der Waals surface area contributed by atoms with Crippen molar-refractivity contribution in [2.75, 3.05) is 5.32 Å². The zero-order valence-electron chi connectivity index (χ0n) is 10.4. The predicted octanol–water partition coefficient (Wildman–Crippen LogP) is 3.26. The summed E-state index contributed by atoms with van der Waals surface area (Å²) in [6.07, 6.45) is 0. The molecule has 0 spiro atoms. The van der Waals surface area contributed by atoms with E-state index in [-0.39, 0.29) is 22.3 Å². The number of non-ortho nitro benzene ring substituents is 1. The third-order valence-corrected chi connectivity index (χ3v) is 4.00. The van der Waals surface area contributed by atoms with Gasteiger partial charge in [0.1, 0.15) is 0 Å². The molecule has 1 aromatic carbocycles. The summed E-state index contributed by atoms with van der Waals surface area (Å²) in [7, 11) is 0. The maximum atomic E-state index is 11.9. The van der Waals surface area contributed by atoms with Crippen molar-refractivity contribution >= 4 is 33.2 Å². The van der Waals surface area contributed by atoms with E-state index >= 15 is 0 Å². The third-order valence-electron chi connectivity index (χ3n) is 2.53. The number of nitro benzene ring substituents is 1. The van der Waals surface area contributed by atoms with Crippen molar-refractivity contribution in [3.63, 3.8) is 0 Å². The molecule has 0 radical (unpaired) electrons. The van der Waals surface area contributed by atoms with Gasteiger partial charge in [-0.15, -0.1) is 0 Å². The molecule has 1 aromatic rings. The summed E-state index contributed by atoms with van der Waals surface area (Å²) >= 11 is 3.29. The predicted molar refractivity (Wildman–Crippen MR) is 74.0 cm³/mol. The zero-order chi connectivity index (χ0) is 13.9. The quantitative estimate of drug-likeness (QED) is 0.526. The van der Waals surface area contributed by atoms with E-state index in [1.54, 1.807) is 13.0 Å². The second-order valence-electron chi connectivity index (χ2n) is 4.39. The van der Waals surface area contributed by atoms with Crippen molar-refractivity contribution in [1.82, 2.24) is 0 Å². The number of anilines is 1. The van der Waals surface area contributed by atoms with E-state index in [1.807, 2.05) is 13.8 Å². The van der Waals surface area contributed by atoms with Gasteiger partial charge in [0.05, 0.1) is 15.4 Å². The van der Waals surface area contributed by atoms with Crippen molar-refractivity contribution in [1.29, 1.82) is 0 Å². The lowest BCUT2D eigenvalue weighted by molar-refractivity contribution is -0.384. The highest BCUT2D eigenvalue weighted by atomic mass is 79.9. The molecule has 0 saturated carbocycles. The maximum Gasteiger partial charge on any atom is 0.271 e. The van der Waals surface area contributed by atoms with Crippen LogP contribution in [0.3, 0.4) is 0 Å². The highest BCUT2D eigenvalue weighted by molar-refractivity contribution is 9.10. The van der Waals surface area contributed by atoms with Crippen LogP contribution in [0.15, 0.2) is 18.2 Å². The van der Waals surface area contributed by atoms with Crippen LogP contribution in [0.4, 0.5) is 11.4 Å². The summed E-state index contributed by atoms with van der Waals surface area (Å²) in [4.78, 5) is 21.7. The first kappa shape index (κ1) is 14.6. The van der Waals surface area contributed by atoms with Crippen molar-refractivity contribution in [2.24, 2.45) is 5.92 Å². The average molecular weight is 315 g/mol. The smallest absolute Gasteiger partial charge is 0.271 e. The van der Waals surface area contributed by atoms with Gasteiger partial charge >= 0.3 is 0 Å². The number of hydrogen-bond donors (Lipinski definition) is 1. The Morgan fingerprint density at radius 1 is 1.44 bits per heavy atom. The molecule has 0 aliphatic rings. The van der Waals surface area contributed by atoms with Gasteiger partial charge in [-0.05, 0) is 18.4 Å². The van der Waals surface area contributed by atoms with Crippen molar-refractivity contribution in [2.45, 2.75) is 25.6 Å². The molecule has 18 heavy (non-hydrogen) atoms. The number of rotatable bonds is 4. The van der Waals surface area contributed by atoms with Crippen molar-refractivity contribution in [3.8, 4) is 0 Å². The lowest BCUT2D eigenvalue weighted by Gasteiger charge is -2.14. The molecule has 1 unspecified atom stereocenters. The molecule has 0 aliphatic carbocycles. The van der Waals surface area contributed by atoms with E-state index < -0.39 is 4.92 Å². The molecule has 0 heterocycles. The second kappa shape index (κ2) is 5.95. The van der Waals surface area contributed by atoms with Crippen LogP contribution in [-0.4, -0.2) is 15.7 Å². The molecule has 98 valence electrons. The fourth-order valence-electron chi connectivity index (χ4n) is 1.36. The number of nitrogens with zero attached hydrogens (tertiary/aromatic N) is 1. The van der Waals surface area contributed by atoms with Crippen LogP contribution in [0.5, 0.6) is 0 Å². The van der Waals surface area contributed by atoms with Gasteiger partial charge in [-0.3, -0.25) is 14.9 Å². The summed E-state index contributed by atoms with van der Waals surface area (Å²) < 4.78 is 0. The number of carbonyl (C=O) groups is 1. The topological polar surface area (TPSA) is 72.2 Å². The van der Waals surface area contributed by atoms with Gasteiger partial charge in [0.2, 0.25) is 5.91 Å². The SMILES string of the molecule is Cc1ccc([N+](=O)[O-])cc1NC(=O)C(Br)C(C)C. The normalized spacial score (nSPS) is 12.3. The number of hydrogen-bond acceptors (Lipinski definition) is 3. The Morgan fingerprint density at radius 2 is 2.06 bits per heavy atom. The maximum absolute atomic E-state index is 11.9. The molecule has 0 saturated heterocycles. The van der Waals surface area contributed by atoms with Gasteiger partial charge in [-0.25, -0.2) is 0 Å². The molecule has 5 nitrogen and oxygen atoms in total. The standard InChI is InChI=1S/C12H15BrN2O3/c1-7(2)11(13)12(16)14-10-6-9(15(17)18)5-4-8(10)3/h4-7,11H,1-3H3,(H,14,16). The van der Waals surface area contributed by atoms with Gasteiger partial charge in [-0.1, -0.05) is 35.8 Å². The Balaban J connectivity index is 2.93. The van der Waals surface area contributed by atoms with Crippen LogP contribution >= 0.6 is 15.9 Å². The molecule has 1 atom stereocenters. The molecule has 0 aromatic heterocycles. The Hall–Kier alpha value is -1.43. The zero-order valence-corrected chi connectivity index (χ0v) is 12.0. The Bertz CT molecular complexity index is 474. The number of benzene rings is 1. The molecule has 0 aliphatic heterocycles. The average Bonchev–Trinajstić information content (AvgIpc) is 2.30. The minimum absolute atomic E-state index is 0.0356. The number of alkyl halides is 1. The molecule has 0 bridgehead atoms. The lowest BCUT2D eigenvalue weighted by atomic mass is 10.1. The monoisotopic (exact) mass is 314 g/mol. The van der Waals surface area contributed by atoms with E-state index in [4.69, 9.17) is 0 Å². The Labute approximate surface area is 114 Å². The second-order valence-corrected chi connectivity index (χ2v) is 5.38. The molecule has 1 amide bonds. The van der Waals surface area contributed by atoms with Crippen LogP contribution in [0.1, 0.15) is 19.4 Å². The van der Waals surface area contributed by atoms with E-state index in [0.717, 1.165) is 5.56 Å². The molecular weight excluding hydrogens is 300 g/mol. The van der Waals surface area contributed by atoms with Crippen LogP contribution in [0.2, 0.25) is 0 Å². The Morgan fingerprint density at radius 3 is 2.56 bits per heavy atom. The summed E-state index contributed by atoms with van der Waals surface area (Å²) in [6.45, 7) is 5.62. The number of amides is 1. The first-order valence-electron chi connectivity index (χ1n) is 5.53. The number of aryl methyl sites for hydroxylation is 1. The molecular formula is C12H15BrN2O3. The van der Waals surface area contributed by atoms with Gasteiger partial charge in [0.25, 0.3) is 5.69 Å². The first-order valence-corrected chi connectivity index (χ1v) is 6.44. The fourth-order valence-corrected chi connectivity index (χ4v) is 1.48. The summed E-state index contributed by atoms with van der Waals surface area (Å²) in [6, 6.07) is 4.40. The van der Waals surface area contributed by atoms with Crippen LogP contribution in [-0.2, 0) is 4.79 Å². The molecule has 1 rings (SSSR count). The van der Waals surface area contributed by atoms with E-state index in [2.05, 4.69) is 21.2 Å². The molecule has 1 N–H and O–H groups in total. The Kier molecular flexibility index (Phi) is 4.84. The van der Waals surface area contributed by atoms with Gasteiger partial charge in [-0.2, -0.15) is 0 Å². The third kappa shape index (κ3) is 3.53. The lowest BCUT2D eigenvalue weighted by Crippen LogP contribution is -2.27. The van der Waals surface area contributed by atoms with Crippen molar-refractivity contribution < 1.29 is 9.72 Å². The minimum atomic E-state index is -0.483. The summed E-state index contributed by atoms with van der Waals surface area (Å²) in [5.41, 5.74) is 1.23. The minimum Gasteiger partial charge on any atom is -0.325 e. The number of halogens is 1. The van der Waals surface area contributed by atoms with Gasteiger partial charge in [0, 0.05) is 12.1 Å². The number of nitrogens with one attached hydrogen (secondary N) is 1. The first-order chi connectivity index (χ1) is 8.32. The van der Waals surface area contributed by atoms with E-state index in [0.29, 0.717) is 5.69 Å². The molecule has 6 heteroatoms. The highest BCUT2D eigenvalue weighted by Crippen LogP contribution is 2.23. The van der Waals surface area contributed by atoms with Gasteiger partial charge in [0.15, 0.2) is 0 Å².